The van der Waals surface area contributed by atoms with Gasteiger partial charge in [0.15, 0.2) is 6.61 Å². The molecule has 0 N–H and O–H groups in total. The fraction of sp³-hybridized carbons (Fsp3) is 0.571. The fourth-order valence-electron chi connectivity index (χ4n) is 2.14. The van der Waals surface area contributed by atoms with Gasteiger partial charge in [-0.25, -0.2) is 4.98 Å². The zero-order valence-electron chi connectivity index (χ0n) is 12.1. The monoisotopic (exact) mass is 318 g/mol. The molecule has 1 amide bonds. The highest BCUT2D eigenvalue weighted by Crippen LogP contribution is 2.22. The Bertz CT molecular complexity index is 522. The number of carbonyl (C=O) groups is 1. The van der Waals surface area contributed by atoms with E-state index in [4.69, 9.17) is 4.74 Å². The third-order valence-corrected chi connectivity index (χ3v) is 3.26. The SMILES string of the molecule is CC[C@@H]1CN(C(=O)c2cccnc2OCC(F)(F)F)CCO1. The van der Waals surface area contributed by atoms with Gasteiger partial charge >= 0.3 is 6.18 Å². The Morgan fingerprint density at radius 1 is 1.55 bits per heavy atom. The predicted molar refractivity (Wildman–Crippen MR) is 71.7 cm³/mol. The van der Waals surface area contributed by atoms with Crippen molar-refractivity contribution in [1.82, 2.24) is 9.88 Å². The predicted octanol–water partition coefficient (Wildman–Crippen LogP) is 2.27. The van der Waals surface area contributed by atoms with Crippen molar-refractivity contribution in [3.8, 4) is 5.88 Å². The minimum absolute atomic E-state index is 0.0310. The lowest BCUT2D eigenvalue weighted by molar-refractivity contribution is -0.154. The molecule has 2 heterocycles. The first-order valence-electron chi connectivity index (χ1n) is 6.96. The third-order valence-electron chi connectivity index (χ3n) is 3.26. The molecular weight excluding hydrogens is 301 g/mol. The minimum Gasteiger partial charge on any atom is -0.467 e. The van der Waals surface area contributed by atoms with Crippen molar-refractivity contribution in [3.63, 3.8) is 0 Å². The van der Waals surface area contributed by atoms with Crippen LogP contribution < -0.4 is 4.74 Å². The molecule has 1 aromatic heterocycles. The van der Waals surface area contributed by atoms with Crippen molar-refractivity contribution in [2.24, 2.45) is 0 Å². The lowest BCUT2D eigenvalue weighted by atomic mass is 10.2. The lowest BCUT2D eigenvalue weighted by Crippen LogP contribution is -2.45. The number of alkyl halides is 3. The molecule has 1 saturated heterocycles. The molecule has 22 heavy (non-hydrogen) atoms. The van der Waals surface area contributed by atoms with Gasteiger partial charge in [0.25, 0.3) is 5.91 Å². The van der Waals surface area contributed by atoms with Gasteiger partial charge in [0.1, 0.15) is 5.56 Å². The Kier molecular flexibility index (Phi) is 5.23. The molecule has 0 aromatic carbocycles. The summed E-state index contributed by atoms with van der Waals surface area (Å²) in [5.41, 5.74) is 0.0310. The first-order valence-corrected chi connectivity index (χ1v) is 6.96. The van der Waals surface area contributed by atoms with Crippen molar-refractivity contribution < 1.29 is 27.4 Å². The quantitative estimate of drug-likeness (QED) is 0.854. The van der Waals surface area contributed by atoms with Gasteiger partial charge in [-0.05, 0) is 18.6 Å². The van der Waals surface area contributed by atoms with Gasteiger partial charge in [-0.15, -0.1) is 0 Å². The van der Waals surface area contributed by atoms with Crippen LogP contribution in [0.3, 0.4) is 0 Å². The summed E-state index contributed by atoms with van der Waals surface area (Å²) < 4.78 is 46.9. The Morgan fingerprint density at radius 2 is 2.32 bits per heavy atom. The maximum atomic E-state index is 12.5. The maximum Gasteiger partial charge on any atom is 0.422 e. The number of carbonyl (C=O) groups excluding carboxylic acids is 1. The van der Waals surface area contributed by atoms with Gasteiger partial charge in [0.2, 0.25) is 5.88 Å². The first kappa shape index (κ1) is 16.5. The summed E-state index contributed by atoms with van der Waals surface area (Å²) in [4.78, 5) is 17.8. The summed E-state index contributed by atoms with van der Waals surface area (Å²) in [5.74, 6) is -0.698. The lowest BCUT2D eigenvalue weighted by Gasteiger charge is -2.32. The van der Waals surface area contributed by atoms with E-state index in [2.05, 4.69) is 9.72 Å². The second kappa shape index (κ2) is 6.95. The van der Waals surface area contributed by atoms with Crippen LogP contribution in [0.2, 0.25) is 0 Å². The van der Waals surface area contributed by atoms with Crippen LogP contribution in [0, 0.1) is 0 Å². The maximum absolute atomic E-state index is 12.5. The van der Waals surface area contributed by atoms with Gasteiger partial charge in [0, 0.05) is 19.3 Å². The Hall–Kier alpha value is -1.83. The van der Waals surface area contributed by atoms with Gasteiger partial charge < -0.3 is 14.4 Å². The molecule has 0 saturated carbocycles. The van der Waals surface area contributed by atoms with E-state index in [-0.39, 0.29) is 17.5 Å². The van der Waals surface area contributed by atoms with Crippen LogP contribution >= 0.6 is 0 Å². The highest BCUT2D eigenvalue weighted by molar-refractivity contribution is 5.96. The number of aromatic nitrogens is 1. The molecule has 0 spiro atoms. The highest BCUT2D eigenvalue weighted by Gasteiger charge is 2.31. The number of morpholine rings is 1. The van der Waals surface area contributed by atoms with E-state index in [9.17, 15) is 18.0 Å². The molecule has 1 aliphatic heterocycles. The van der Waals surface area contributed by atoms with Crippen LogP contribution in [0.25, 0.3) is 0 Å². The van der Waals surface area contributed by atoms with E-state index in [1.807, 2.05) is 6.92 Å². The fourth-order valence-corrected chi connectivity index (χ4v) is 2.14. The van der Waals surface area contributed by atoms with Gasteiger partial charge in [0.05, 0.1) is 12.7 Å². The summed E-state index contributed by atoms with van der Waals surface area (Å²) in [7, 11) is 0. The van der Waals surface area contributed by atoms with Crippen LogP contribution in [0.4, 0.5) is 13.2 Å². The van der Waals surface area contributed by atoms with E-state index in [0.717, 1.165) is 6.42 Å². The standard InChI is InChI=1S/C14H17F3N2O3/c1-2-10-8-19(6-7-21-10)13(20)11-4-3-5-18-12(11)22-9-14(15,16)17/h3-5,10H,2,6-9H2,1H3/t10-/m1/s1. The summed E-state index contributed by atoms with van der Waals surface area (Å²) in [6.45, 7) is 1.67. The molecule has 0 unspecified atom stereocenters. The molecule has 0 aliphatic carbocycles. The van der Waals surface area contributed by atoms with Crippen LogP contribution in [-0.2, 0) is 4.74 Å². The Balaban J connectivity index is 2.12. The molecule has 1 fully saturated rings. The second-order valence-corrected chi connectivity index (χ2v) is 4.91. The average molecular weight is 318 g/mol. The van der Waals surface area contributed by atoms with E-state index in [0.29, 0.717) is 19.7 Å². The Morgan fingerprint density at radius 3 is 3.00 bits per heavy atom. The van der Waals surface area contributed by atoms with Crippen molar-refractivity contribution in [2.75, 3.05) is 26.3 Å². The molecule has 122 valence electrons. The number of pyridine rings is 1. The topological polar surface area (TPSA) is 51.7 Å². The van der Waals surface area contributed by atoms with Crippen LogP contribution in [0.1, 0.15) is 23.7 Å². The van der Waals surface area contributed by atoms with Crippen molar-refractivity contribution in [3.05, 3.63) is 23.9 Å². The van der Waals surface area contributed by atoms with E-state index >= 15 is 0 Å². The van der Waals surface area contributed by atoms with Crippen molar-refractivity contribution in [2.45, 2.75) is 25.6 Å². The number of nitrogens with zero attached hydrogens (tertiary/aromatic N) is 2. The number of hydrogen-bond acceptors (Lipinski definition) is 4. The van der Waals surface area contributed by atoms with Gasteiger partial charge in [-0.3, -0.25) is 4.79 Å². The van der Waals surface area contributed by atoms with Crippen molar-refractivity contribution >= 4 is 5.91 Å². The number of hydrogen-bond donors (Lipinski definition) is 0. The summed E-state index contributed by atoms with van der Waals surface area (Å²) in [6.07, 6.45) is -2.50. The summed E-state index contributed by atoms with van der Waals surface area (Å²) in [6, 6.07) is 2.91. The molecule has 5 nitrogen and oxygen atoms in total. The highest BCUT2D eigenvalue weighted by atomic mass is 19.4. The molecule has 1 aromatic rings. The number of ether oxygens (including phenoxy) is 2. The molecular formula is C14H17F3N2O3. The van der Waals surface area contributed by atoms with Crippen LogP contribution in [0.5, 0.6) is 5.88 Å². The Labute approximate surface area is 126 Å². The van der Waals surface area contributed by atoms with E-state index in [1.54, 1.807) is 4.90 Å². The number of amides is 1. The van der Waals surface area contributed by atoms with Gasteiger partial charge in [-0.2, -0.15) is 13.2 Å². The molecule has 1 aliphatic rings. The average Bonchev–Trinajstić information content (AvgIpc) is 2.52. The minimum atomic E-state index is -4.48. The van der Waals surface area contributed by atoms with Crippen molar-refractivity contribution in [1.29, 1.82) is 0 Å². The molecule has 2 rings (SSSR count). The van der Waals surface area contributed by atoms with E-state index < -0.39 is 18.7 Å². The number of halogens is 3. The second-order valence-electron chi connectivity index (χ2n) is 4.91. The molecule has 0 bridgehead atoms. The zero-order chi connectivity index (χ0) is 16.2. The van der Waals surface area contributed by atoms with Crippen LogP contribution in [0.15, 0.2) is 18.3 Å². The summed E-state index contributed by atoms with van der Waals surface area (Å²) >= 11 is 0. The smallest absolute Gasteiger partial charge is 0.422 e. The molecule has 1 atom stereocenters. The zero-order valence-corrected chi connectivity index (χ0v) is 12.1. The normalized spacial score (nSPS) is 19.1. The largest absolute Gasteiger partial charge is 0.467 e. The van der Waals surface area contributed by atoms with Crippen LogP contribution in [-0.4, -0.2) is 54.4 Å². The number of rotatable bonds is 4. The first-order chi connectivity index (χ1) is 10.4. The summed E-state index contributed by atoms with van der Waals surface area (Å²) in [5, 5.41) is 0. The third kappa shape index (κ3) is 4.33. The molecule has 8 heteroatoms. The van der Waals surface area contributed by atoms with Gasteiger partial charge in [-0.1, -0.05) is 6.92 Å². The molecule has 0 radical (unpaired) electrons. The van der Waals surface area contributed by atoms with E-state index in [1.165, 1.54) is 18.3 Å².